The van der Waals surface area contributed by atoms with Crippen molar-refractivity contribution in [2.24, 2.45) is 11.7 Å². The van der Waals surface area contributed by atoms with Gasteiger partial charge in [0.05, 0.1) is 12.6 Å². The van der Waals surface area contributed by atoms with E-state index in [2.05, 4.69) is 0 Å². The van der Waals surface area contributed by atoms with Gasteiger partial charge in [0.2, 0.25) is 5.91 Å². The number of likely N-dealkylation sites (tertiary alicyclic amines) is 1. The lowest BCUT2D eigenvalue weighted by Gasteiger charge is -2.22. The number of nitrogens with zero attached hydrogens (tertiary/aromatic N) is 1. The SMILES string of the molecule is C[C@H](CO)N1CC(CN)CC1=O. The minimum Gasteiger partial charge on any atom is -0.394 e. The molecule has 4 nitrogen and oxygen atoms in total. The smallest absolute Gasteiger partial charge is 0.223 e. The van der Waals surface area contributed by atoms with Gasteiger partial charge in [-0.1, -0.05) is 0 Å². The van der Waals surface area contributed by atoms with Crippen molar-refractivity contribution in [3.05, 3.63) is 0 Å². The Morgan fingerprint density at radius 1 is 1.83 bits per heavy atom. The third kappa shape index (κ3) is 1.76. The lowest BCUT2D eigenvalue weighted by molar-refractivity contribution is -0.130. The molecule has 0 aliphatic carbocycles. The molecule has 1 aliphatic heterocycles. The molecule has 1 fully saturated rings. The van der Waals surface area contributed by atoms with Crippen LogP contribution in [0.15, 0.2) is 0 Å². The van der Waals surface area contributed by atoms with Gasteiger partial charge < -0.3 is 15.7 Å². The molecule has 1 heterocycles. The first-order valence-corrected chi connectivity index (χ1v) is 4.29. The Balaban J connectivity index is 2.51. The third-order valence-corrected chi connectivity index (χ3v) is 2.37. The molecule has 0 saturated carbocycles. The first kappa shape index (κ1) is 9.48. The molecule has 1 rings (SSSR count). The quantitative estimate of drug-likeness (QED) is 0.584. The minimum absolute atomic E-state index is 0.0308. The van der Waals surface area contributed by atoms with E-state index in [0.29, 0.717) is 19.5 Å². The molecule has 4 heteroatoms. The summed E-state index contributed by atoms with van der Waals surface area (Å²) in [4.78, 5) is 13.0. The summed E-state index contributed by atoms with van der Waals surface area (Å²) < 4.78 is 0. The second-order valence-electron chi connectivity index (χ2n) is 3.38. The van der Waals surface area contributed by atoms with Crippen LogP contribution in [0.25, 0.3) is 0 Å². The zero-order chi connectivity index (χ0) is 9.14. The van der Waals surface area contributed by atoms with Crippen LogP contribution in [0.5, 0.6) is 0 Å². The maximum absolute atomic E-state index is 11.3. The second-order valence-corrected chi connectivity index (χ2v) is 3.38. The van der Waals surface area contributed by atoms with Crippen LogP contribution in [-0.2, 0) is 4.79 Å². The number of hydrogen-bond acceptors (Lipinski definition) is 3. The number of nitrogens with two attached hydrogens (primary N) is 1. The fourth-order valence-electron chi connectivity index (χ4n) is 1.49. The highest BCUT2D eigenvalue weighted by molar-refractivity contribution is 5.79. The number of aliphatic hydroxyl groups is 1. The largest absolute Gasteiger partial charge is 0.394 e. The fraction of sp³-hybridized carbons (Fsp3) is 0.875. The maximum Gasteiger partial charge on any atom is 0.223 e. The van der Waals surface area contributed by atoms with Gasteiger partial charge in [-0.15, -0.1) is 0 Å². The van der Waals surface area contributed by atoms with Crippen molar-refractivity contribution in [3.63, 3.8) is 0 Å². The molecule has 1 amide bonds. The van der Waals surface area contributed by atoms with Crippen molar-refractivity contribution in [2.45, 2.75) is 19.4 Å². The Morgan fingerprint density at radius 3 is 2.92 bits per heavy atom. The highest BCUT2D eigenvalue weighted by atomic mass is 16.3. The van der Waals surface area contributed by atoms with Gasteiger partial charge in [-0.25, -0.2) is 0 Å². The van der Waals surface area contributed by atoms with E-state index in [9.17, 15) is 4.79 Å². The van der Waals surface area contributed by atoms with Crippen molar-refractivity contribution >= 4 is 5.91 Å². The number of hydrogen-bond donors (Lipinski definition) is 2. The topological polar surface area (TPSA) is 66.6 Å². The number of aliphatic hydroxyl groups excluding tert-OH is 1. The summed E-state index contributed by atoms with van der Waals surface area (Å²) in [6.45, 7) is 3.14. The summed E-state index contributed by atoms with van der Waals surface area (Å²) in [5, 5.41) is 8.85. The first-order chi connectivity index (χ1) is 5.69. The summed E-state index contributed by atoms with van der Waals surface area (Å²) in [6, 6.07) is -0.0611. The van der Waals surface area contributed by atoms with Crippen LogP contribution in [-0.4, -0.2) is 41.7 Å². The van der Waals surface area contributed by atoms with Crippen molar-refractivity contribution in [1.29, 1.82) is 0 Å². The molecule has 12 heavy (non-hydrogen) atoms. The molecule has 0 aromatic rings. The number of carbonyl (C=O) groups is 1. The minimum atomic E-state index is -0.0611. The Morgan fingerprint density at radius 2 is 2.50 bits per heavy atom. The lowest BCUT2D eigenvalue weighted by atomic mass is 10.1. The second kappa shape index (κ2) is 3.87. The van der Waals surface area contributed by atoms with E-state index in [-0.39, 0.29) is 24.5 Å². The van der Waals surface area contributed by atoms with Crippen LogP contribution in [0.1, 0.15) is 13.3 Å². The molecular weight excluding hydrogens is 156 g/mol. The number of amides is 1. The molecular formula is C8H16N2O2. The van der Waals surface area contributed by atoms with Crippen LogP contribution in [0, 0.1) is 5.92 Å². The molecule has 3 N–H and O–H groups in total. The molecule has 0 aromatic heterocycles. The summed E-state index contributed by atoms with van der Waals surface area (Å²) >= 11 is 0. The predicted molar refractivity (Wildman–Crippen MR) is 45.4 cm³/mol. The van der Waals surface area contributed by atoms with Gasteiger partial charge in [0, 0.05) is 13.0 Å². The lowest BCUT2D eigenvalue weighted by Crippen LogP contribution is -2.37. The first-order valence-electron chi connectivity index (χ1n) is 4.29. The van der Waals surface area contributed by atoms with Gasteiger partial charge >= 0.3 is 0 Å². The standard InChI is InChI=1S/C8H16N2O2/c1-6(5-11)10-4-7(3-9)2-8(10)12/h6-7,11H,2-5,9H2,1H3/t6-,7?/m1/s1. The highest BCUT2D eigenvalue weighted by Gasteiger charge is 2.31. The Hall–Kier alpha value is -0.610. The summed E-state index contributed by atoms with van der Waals surface area (Å²) in [5.74, 6) is 0.401. The van der Waals surface area contributed by atoms with Gasteiger partial charge in [-0.2, -0.15) is 0 Å². The van der Waals surface area contributed by atoms with E-state index >= 15 is 0 Å². The van der Waals surface area contributed by atoms with Crippen LogP contribution in [0.4, 0.5) is 0 Å². The fourth-order valence-corrected chi connectivity index (χ4v) is 1.49. The van der Waals surface area contributed by atoms with Gasteiger partial charge in [-0.05, 0) is 19.4 Å². The predicted octanol–water partition coefficient (Wildman–Crippen LogP) is -0.826. The third-order valence-electron chi connectivity index (χ3n) is 2.37. The molecule has 1 aliphatic rings. The molecule has 1 saturated heterocycles. The molecule has 0 aromatic carbocycles. The monoisotopic (exact) mass is 172 g/mol. The average molecular weight is 172 g/mol. The average Bonchev–Trinajstić information content (AvgIpc) is 2.45. The van der Waals surface area contributed by atoms with Crippen LogP contribution < -0.4 is 5.73 Å². The van der Waals surface area contributed by atoms with E-state index in [1.54, 1.807) is 4.90 Å². The molecule has 1 unspecified atom stereocenters. The van der Waals surface area contributed by atoms with Gasteiger partial charge in [0.25, 0.3) is 0 Å². The Bertz CT molecular complexity index is 172. The van der Waals surface area contributed by atoms with Crippen LogP contribution in [0.3, 0.4) is 0 Å². The van der Waals surface area contributed by atoms with E-state index in [1.807, 2.05) is 6.92 Å². The number of carbonyl (C=O) groups excluding carboxylic acids is 1. The van der Waals surface area contributed by atoms with Gasteiger partial charge in [-0.3, -0.25) is 4.79 Å². The van der Waals surface area contributed by atoms with E-state index < -0.39 is 0 Å². The van der Waals surface area contributed by atoms with Crippen molar-refractivity contribution in [1.82, 2.24) is 4.90 Å². The van der Waals surface area contributed by atoms with Crippen molar-refractivity contribution in [3.8, 4) is 0 Å². The Kier molecular flexibility index (Phi) is 3.05. The normalized spacial score (nSPS) is 26.4. The molecule has 70 valence electrons. The van der Waals surface area contributed by atoms with E-state index in [1.165, 1.54) is 0 Å². The van der Waals surface area contributed by atoms with Gasteiger partial charge in [0.1, 0.15) is 0 Å². The summed E-state index contributed by atoms with van der Waals surface area (Å²) in [7, 11) is 0. The van der Waals surface area contributed by atoms with Crippen molar-refractivity contribution < 1.29 is 9.90 Å². The van der Waals surface area contributed by atoms with E-state index in [0.717, 1.165) is 0 Å². The molecule has 0 spiro atoms. The van der Waals surface area contributed by atoms with Crippen molar-refractivity contribution in [2.75, 3.05) is 19.7 Å². The Labute approximate surface area is 72.3 Å². The molecule has 2 atom stereocenters. The maximum atomic E-state index is 11.3. The molecule has 0 radical (unpaired) electrons. The van der Waals surface area contributed by atoms with E-state index in [4.69, 9.17) is 10.8 Å². The summed E-state index contributed by atoms with van der Waals surface area (Å²) in [5.41, 5.74) is 5.46. The molecule has 0 bridgehead atoms. The van der Waals surface area contributed by atoms with Gasteiger partial charge in [0.15, 0.2) is 0 Å². The zero-order valence-electron chi connectivity index (χ0n) is 7.36. The zero-order valence-corrected chi connectivity index (χ0v) is 7.36. The summed E-state index contributed by atoms with van der Waals surface area (Å²) in [6.07, 6.45) is 0.542. The van der Waals surface area contributed by atoms with Crippen LogP contribution >= 0.6 is 0 Å². The highest BCUT2D eigenvalue weighted by Crippen LogP contribution is 2.18. The number of rotatable bonds is 3. The van der Waals surface area contributed by atoms with Crippen LogP contribution in [0.2, 0.25) is 0 Å².